The lowest BCUT2D eigenvalue weighted by atomic mass is 10.0. The van der Waals surface area contributed by atoms with Crippen molar-refractivity contribution in [2.75, 3.05) is 38.2 Å². The van der Waals surface area contributed by atoms with E-state index in [0.29, 0.717) is 54.5 Å². The van der Waals surface area contributed by atoms with E-state index in [9.17, 15) is 9.59 Å². The van der Waals surface area contributed by atoms with Crippen LogP contribution < -0.4 is 9.64 Å². The number of anilines is 1. The average Bonchev–Trinajstić information content (AvgIpc) is 3.15. The number of benzene rings is 1. The summed E-state index contributed by atoms with van der Waals surface area (Å²) in [6.07, 6.45) is 3.44. The summed E-state index contributed by atoms with van der Waals surface area (Å²) in [4.78, 5) is 41.4. The van der Waals surface area contributed by atoms with Crippen LogP contribution in [0.3, 0.4) is 0 Å². The van der Waals surface area contributed by atoms with Crippen LogP contribution in [0.2, 0.25) is 0 Å². The van der Waals surface area contributed by atoms with Crippen molar-refractivity contribution in [2.45, 2.75) is 6.54 Å². The molecule has 0 radical (unpaired) electrons. The molecule has 1 fully saturated rings. The fourth-order valence-corrected chi connectivity index (χ4v) is 4.37. The lowest BCUT2D eigenvalue weighted by Crippen LogP contribution is -2.47. The van der Waals surface area contributed by atoms with E-state index < -0.39 is 0 Å². The molecule has 0 N–H and O–H groups in total. The summed E-state index contributed by atoms with van der Waals surface area (Å²) in [6.45, 7) is 2.77. The minimum Gasteiger partial charge on any atom is -0.497 e. The first kappa shape index (κ1) is 21.6. The minimum atomic E-state index is -0.303. The first-order chi connectivity index (χ1) is 16.7. The van der Waals surface area contributed by atoms with Crippen molar-refractivity contribution in [3.63, 3.8) is 0 Å². The number of ether oxygens (including phenoxy) is 1. The highest BCUT2D eigenvalue weighted by atomic mass is 16.5. The van der Waals surface area contributed by atoms with Crippen molar-refractivity contribution in [2.24, 2.45) is 0 Å². The van der Waals surface area contributed by atoms with Gasteiger partial charge in [0, 0.05) is 38.6 Å². The summed E-state index contributed by atoms with van der Waals surface area (Å²) in [7, 11) is 1.60. The average molecular weight is 456 g/mol. The lowest BCUT2D eigenvalue weighted by Gasteiger charge is -2.37. The molecule has 4 heterocycles. The molecular formula is C26H25N5O3. The Bertz CT molecular complexity index is 1200. The monoisotopic (exact) mass is 455 g/mol. The number of piperazine rings is 1. The number of amides is 2. The Morgan fingerprint density at radius 3 is 2.09 bits per heavy atom. The standard InChI is InChI=1S/C26H25N5O3/c1-34-21-10-8-19(9-11-21)23-24(26(33)31(25(23)32)18-20-6-2-4-12-27-20)30-16-14-29(15-17-30)22-7-3-5-13-28-22/h2-13H,14-18H2,1H3. The maximum absolute atomic E-state index is 13.6. The third-order valence-electron chi connectivity index (χ3n) is 6.14. The Hall–Kier alpha value is -4.20. The van der Waals surface area contributed by atoms with Gasteiger partial charge in [0.15, 0.2) is 0 Å². The summed E-state index contributed by atoms with van der Waals surface area (Å²) >= 11 is 0. The van der Waals surface area contributed by atoms with Crippen LogP contribution in [0.4, 0.5) is 5.82 Å². The third kappa shape index (κ3) is 4.10. The molecule has 0 unspecified atom stereocenters. The zero-order valence-corrected chi connectivity index (χ0v) is 18.9. The maximum atomic E-state index is 13.6. The largest absolute Gasteiger partial charge is 0.497 e. The van der Waals surface area contributed by atoms with E-state index >= 15 is 0 Å². The van der Waals surface area contributed by atoms with E-state index in [0.717, 1.165) is 5.82 Å². The first-order valence-corrected chi connectivity index (χ1v) is 11.2. The lowest BCUT2D eigenvalue weighted by molar-refractivity contribution is -0.138. The van der Waals surface area contributed by atoms with Gasteiger partial charge in [-0.25, -0.2) is 4.98 Å². The number of pyridine rings is 2. The Morgan fingerprint density at radius 1 is 0.794 bits per heavy atom. The molecule has 2 aliphatic heterocycles. The molecule has 2 amide bonds. The zero-order valence-electron chi connectivity index (χ0n) is 18.9. The molecule has 8 nitrogen and oxygen atoms in total. The molecule has 0 bridgehead atoms. The van der Waals surface area contributed by atoms with Gasteiger partial charge in [-0.3, -0.25) is 19.5 Å². The SMILES string of the molecule is COc1ccc(C2=C(N3CCN(c4ccccn4)CC3)C(=O)N(Cc3ccccn3)C2=O)cc1. The van der Waals surface area contributed by atoms with Gasteiger partial charge in [0.25, 0.3) is 11.8 Å². The van der Waals surface area contributed by atoms with Gasteiger partial charge in [0.05, 0.1) is 24.9 Å². The van der Waals surface area contributed by atoms with Gasteiger partial charge in [-0.1, -0.05) is 24.3 Å². The Labute approximate surface area is 198 Å². The second-order valence-electron chi connectivity index (χ2n) is 8.13. The minimum absolute atomic E-state index is 0.134. The van der Waals surface area contributed by atoms with Crippen molar-refractivity contribution in [3.05, 3.63) is 90.0 Å². The Kier molecular flexibility index (Phi) is 5.95. The molecule has 3 aromatic rings. The molecule has 172 valence electrons. The molecule has 0 spiro atoms. The van der Waals surface area contributed by atoms with Gasteiger partial charge in [0.2, 0.25) is 0 Å². The van der Waals surface area contributed by atoms with Crippen LogP contribution in [0.15, 0.2) is 78.8 Å². The molecule has 0 aliphatic carbocycles. The summed E-state index contributed by atoms with van der Waals surface area (Å²) in [5, 5.41) is 0. The predicted octanol–water partition coefficient (Wildman–Crippen LogP) is 2.59. The highest BCUT2D eigenvalue weighted by Crippen LogP contribution is 2.34. The highest BCUT2D eigenvalue weighted by Gasteiger charge is 2.42. The van der Waals surface area contributed by atoms with E-state index in [1.807, 2.05) is 53.4 Å². The van der Waals surface area contributed by atoms with E-state index in [-0.39, 0.29) is 18.4 Å². The van der Waals surface area contributed by atoms with Crippen LogP contribution in [-0.4, -0.2) is 64.9 Å². The van der Waals surface area contributed by atoms with Crippen molar-refractivity contribution < 1.29 is 14.3 Å². The van der Waals surface area contributed by atoms with E-state index in [4.69, 9.17) is 4.74 Å². The topological polar surface area (TPSA) is 78.9 Å². The molecule has 0 saturated carbocycles. The predicted molar refractivity (Wildman–Crippen MR) is 128 cm³/mol. The normalized spacial score (nSPS) is 16.4. The smallest absolute Gasteiger partial charge is 0.278 e. The Morgan fingerprint density at radius 2 is 1.47 bits per heavy atom. The molecule has 1 saturated heterocycles. The van der Waals surface area contributed by atoms with Gasteiger partial charge >= 0.3 is 0 Å². The van der Waals surface area contributed by atoms with Crippen molar-refractivity contribution in [3.8, 4) is 5.75 Å². The van der Waals surface area contributed by atoms with Crippen LogP contribution in [0.25, 0.3) is 5.57 Å². The number of methoxy groups -OCH3 is 1. The molecule has 2 aliphatic rings. The molecule has 2 aromatic heterocycles. The summed E-state index contributed by atoms with van der Waals surface area (Å²) in [5.74, 6) is 1.02. The van der Waals surface area contributed by atoms with Crippen LogP contribution in [0.1, 0.15) is 11.3 Å². The van der Waals surface area contributed by atoms with Crippen molar-refractivity contribution >= 4 is 23.2 Å². The maximum Gasteiger partial charge on any atom is 0.278 e. The number of aromatic nitrogens is 2. The van der Waals surface area contributed by atoms with E-state index in [1.54, 1.807) is 31.6 Å². The van der Waals surface area contributed by atoms with Crippen LogP contribution in [-0.2, 0) is 16.1 Å². The number of imide groups is 1. The molecule has 1 aromatic carbocycles. The van der Waals surface area contributed by atoms with E-state index in [1.165, 1.54) is 4.90 Å². The fourth-order valence-electron chi connectivity index (χ4n) is 4.37. The number of carbonyl (C=O) groups excluding carboxylic acids is 2. The van der Waals surface area contributed by atoms with Gasteiger partial charge in [-0.15, -0.1) is 0 Å². The fraction of sp³-hybridized carbons (Fsp3) is 0.231. The van der Waals surface area contributed by atoms with E-state index in [2.05, 4.69) is 14.9 Å². The first-order valence-electron chi connectivity index (χ1n) is 11.2. The second kappa shape index (κ2) is 9.35. The second-order valence-corrected chi connectivity index (χ2v) is 8.13. The van der Waals surface area contributed by atoms with Crippen LogP contribution >= 0.6 is 0 Å². The molecular weight excluding hydrogens is 430 g/mol. The van der Waals surface area contributed by atoms with Crippen molar-refractivity contribution in [1.82, 2.24) is 19.8 Å². The van der Waals surface area contributed by atoms with Crippen molar-refractivity contribution in [1.29, 1.82) is 0 Å². The van der Waals surface area contributed by atoms with Crippen LogP contribution in [0.5, 0.6) is 5.75 Å². The summed E-state index contributed by atoms with van der Waals surface area (Å²) in [5.41, 5.74) is 2.24. The van der Waals surface area contributed by atoms with Gasteiger partial charge in [0.1, 0.15) is 17.3 Å². The summed E-state index contributed by atoms with van der Waals surface area (Å²) < 4.78 is 5.27. The van der Waals surface area contributed by atoms with Crippen LogP contribution in [0, 0.1) is 0 Å². The highest BCUT2D eigenvalue weighted by molar-refractivity contribution is 6.35. The number of nitrogens with zero attached hydrogens (tertiary/aromatic N) is 5. The number of carbonyl (C=O) groups is 2. The van der Waals surface area contributed by atoms with Gasteiger partial charge in [-0.2, -0.15) is 0 Å². The van der Waals surface area contributed by atoms with Gasteiger partial charge in [-0.05, 0) is 42.0 Å². The molecule has 0 atom stereocenters. The molecule has 5 rings (SSSR count). The number of hydrogen-bond donors (Lipinski definition) is 0. The number of hydrogen-bond acceptors (Lipinski definition) is 7. The quantitative estimate of drug-likeness (QED) is 0.529. The van der Waals surface area contributed by atoms with Gasteiger partial charge < -0.3 is 14.5 Å². The number of rotatable bonds is 6. The third-order valence-corrected chi connectivity index (χ3v) is 6.14. The zero-order chi connectivity index (χ0) is 23.5. The molecule has 8 heteroatoms. The Balaban J connectivity index is 1.45. The molecule has 34 heavy (non-hydrogen) atoms. The summed E-state index contributed by atoms with van der Waals surface area (Å²) in [6, 6.07) is 18.6.